The zero-order chi connectivity index (χ0) is 11.0. The van der Waals surface area contributed by atoms with Crippen LogP contribution in [0.5, 0.6) is 5.75 Å². The van der Waals surface area contributed by atoms with Crippen LogP contribution in [0.15, 0.2) is 41.1 Å². The van der Waals surface area contributed by atoms with Gasteiger partial charge in [-0.25, -0.2) is 4.98 Å². The lowest BCUT2D eigenvalue weighted by Gasteiger charge is -2.07. The predicted octanol–water partition coefficient (Wildman–Crippen LogP) is 3.38. The molecule has 0 aliphatic rings. The fourth-order valence-electron chi connectivity index (χ4n) is 1.94. The Morgan fingerprint density at radius 1 is 1.25 bits per heavy atom. The van der Waals surface area contributed by atoms with Crippen molar-refractivity contribution in [3.8, 4) is 5.75 Å². The first-order chi connectivity index (χ1) is 7.90. The number of fused-ring (bicyclic) bond motifs is 3. The first-order valence-electron chi connectivity index (χ1n) is 5.28. The van der Waals surface area contributed by atoms with Crippen molar-refractivity contribution in [1.29, 1.82) is 0 Å². The van der Waals surface area contributed by atoms with Crippen LogP contribution in [-0.2, 0) is 0 Å². The average Bonchev–Trinajstić information content (AvgIpc) is 2.78. The van der Waals surface area contributed by atoms with Crippen molar-refractivity contribution >= 4 is 21.9 Å². The molecule has 0 saturated carbocycles. The fourth-order valence-corrected chi connectivity index (χ4v) is 1.94. The van der Waals surface area contributed by atoms with E-state index in [2.05, 4.69) is 4.98 Å². The summed E-state index contributed by atoms with van der Waals surface area (Å²) in [4.78, 5) is 4.23. The van der Waals surface area contributed by atoms with E-state index >= 15 is 0 Å². The molecule has 0 saturated heterocycles. The maximum atomic E-state index is 5.61. The molecule has 0 bridgehead atoms. The lowest BCUT2D eigenvalue weighted by Crippen LogP contribution is -1.92. The highest BCUT2D eigenvalue weighted by Crippen LogP contribution is 2.32. The zero-order valence-electron chi connectivity index (χ0n) is 8.93. The van der Waals surface area contributed by atoms with Gasteiger partial charge in [0.1, 0.15) is 11.3 Å². The third kappa shape index (κ3) is 1.25. The third-order valence-corrected chi connectivity index (χ3v) is 2.60. The van der Waals surface area contributed by atoms with E-state index in [1.165, 1.54) is 6.39 Å². The van der Waals surface area contributed by atoms with Crippen molar-refractivity contribution in [2.24, 2.45) is 0 Å². The molecular formula is C13H11NO2. The zero-order valence-corrected chi connectivity index (χ0v) is 8.93. The highest BCUT2D eigenvalue weighted by molar-refractivity contribution is 6.06. The van der Waals surface area contributed by atoms with E-state index in [-0.39, 0.29) is 0 Å². The van der Waals surface area contributed by atoms with Gasteiger partial charge in [0.15, 0.2) is 12.0 Å². The Balaban J connectivity index is 2.45. The summed E-state index contributed by atoms with van der Waals surface area (Å²) in [6, 6.07) is 9.95. The number of nitrogens with zero attached hydrogens (tertiary/aromatic N) is 1. The molecule has 0 atom stereocenters. The second-order valence-corrected chi connectivity index (χ2v) is 3.55. The molecule has 1 heterocycles. The molecule has 80 valence electrons. The minimum atomic E-state index is 0.642. The van der Waals surface area contributed by atoms with Crippen LogP contribution in [-0.4, -0.2) is 11.6 Å². The molecule has 0 amide bonds. The quantitative estimate of drug-likeness (QED) is 0.654. The Morgan fingerprint density at radius 2 is 2.06 bits per heavy atom. The summed E-state index contributed by atoms with van der Waals surface area (Å²) < 4.78 is 10.9. The summed E-state index contributed by atoms with van der Waals surface area (Å²) in [5.41, 5.74) is 1.65. The van der Waals surface area contributed by atoms with E-state index < -0.39 is 0 Å². The number of benzene rings is 2. The first kappa shape index (κ1) is 9.21. The van der Waals surface area contributed by atoms with E-state index in [0.717, 1.165) is 27.6 Å². The van der Waals surface area contributed by atoms with Crippen molar-refractivity contribution in [1.82, 2.24) is 4.98 Å². The van der Waals surface area contributed by atoms with E-state index in [0.29, 0.717) is 6.61 Å². The summed E-state index contributed by atoms with van der Waals surface area (Å²) in [7, 11) is 0. The fraction of sp³-hybridized carbons (Fsp3) is 0.154. The maximum absolute atomic E-state index is 5.61. The molecule has 3 nitrogen and oxygen atoms in total. The Hall–Kier alpha value is -2.03. The Morgan fingerprint density at radius 3 is 2.88 bits per heavy atom. The van der Waals surface area contributed by atoms with Crippen LogP contribution in [0.2, 0.25) is 0 Å². The van der Waals surface area contributed by atoms with Gasteiger partial charge in [-0.1, -0.05) is 24.3 Å². The van der Waals surface area contributed by atoms with Gasteiger partial charge in [-0.05, 0) is 6.92 Å². The third-order valence-electron chi connectivity index (χ3n) is 2.60. The number of hydrogen-bond acceptors (Lipinski definition) is 3. The van der Waals surface area contributed by atoms with Crippen LogP contribution < -0.4 is 4.74 Å². The van der Waals surface area contributed by atoms with E-state index in [1.807, 2.05) is 37.3 Å². The van der Waals surface area contributed by atoms with Crippen LogP contribution in [0.25, 0.3) is 21.9 Å². The molecule has 2 aromatic carbocycles. The van der Waals surface area contributed by atoms with Crippen molar-refractivity contribution in [3.63, 3.8) is 0 Å². The monoisotopic (exact) mass is 213 g/mol. The number of rotatable bonds is 2. The summed E-state index contributed by atoms with van der Waals surface area (Å²) in [6.45, 7) is 2.61. The van der Waals surface area contributed by atoms with Gasteiger partial charge < -0.3 is 9.15 Å². The van der Waals surface area contributed by atoms with Crippen LogP contribution in [0, 0.1) is 0 Å². The van der Waals surface area contributed by atoms with Crippen molar-refractivity contribution in [2.75, 3.05) is 6.61 Å². The summed E-state index contributed by atoms with van der Waals surface area (Å²) in [6.07, 6.45) is 1.47. The van der Waals surface area contributed by atoms with Gasteiger partial charge in [0, 0.05) is 16.8 Å². The second kappa shape index (κ2) is 3.52. The standard InChI is InChI=1S/C13H11NO2/c1-2-15-11-7-12-13(14-8-16-12)10-6-4-3-5-9(10)11/h3-8H,2H2,1H3. The van der Waals surface area contributed by atoms with Crippen LogP contribution >= 0.6 is 0 Å². The Bertz CT molecular complexity index is 643. The second-order valence-electron chi connectivity index (χ2n) is 3.55. The van der Waals surface area contributed by atoms with Crippen molar-refractivity contribution in [3.05, 3.63) is 36.7 Å². The molecule has 0 aliphatic heterocycles. The van der Waals surface area contributed by atoms with Crippen LogP contribution in [0.4, 0.5) is 0 Å². The normalized spacial score (nSPS) is 11.1. The van der Waals surface area contributed by atoms with Crippen molar-refractivity contribution in [2.45, 2.75) is 6.92 Å². The van der Waals surface area contributed by atoms with Gasteiger partial charge in [0.25, 0.3) is 0 Å². The van der Waals surface area contributed by atoms with E-state index in [9.17, 15) is 0 Å². The summed E-state index contributed by atoms with van der Waals surface area (Å²) in [5.74, 6) is 0.849. The molecule has 16 heavy (non-hydrogen) atoms. The predicted molar refractivity (Wildman–Crippen MR) is 62.7 cm³/mol. The number of oxazole rings is 1. The molecule has 0 fully saturated rings. The molecule has 3 heteroatoms. The molecule has 0 radical (unpaired) electrons. The summed E-state index contributed by atoms with van der Waals surface area (Å²) in [5, 5.41) is 2.14. The number of ether oxygens (including phenoxy) is 1. The maximum Gasteiger partial charge on any atom is 0.182 e. The molecule has 0 aliphatic carbocycles. The Labute approximate surface area is 92.7 Å². The van der Waals surface area contributed by atoms with Gasteiger partial charge >= 0.3 is 0 Å². The average molecular weight is 213 g/mol. The lowest BCUT2D eigenvalue weighted by molar-refractivity contribution is 0.344. The van der Waals surface area contributed by atoms with Crippen LogP contribution in [0.3, 0.4) is 0 Å². The molecule has 0 spiro atoms. The smallest absolute Gasteiger partial charge is 0.182 e. The van der Waals surface area contributed by atoms with Gasteiger partial charge in [-0.15, -0.1) is 0 Å². The van der Waals surface area contributed by atoms with E-state index in [1.54, 1.807) is 0 Å². The molecule has 0 N–H and O–H groups in total. The van der Waals surface area contributed by atoms with Crippen molar-refractivity contribution < 1.29 is 9.15 Å². The van der Waals surface area contributed by atoms with Gasteiger partial charge in [0.2, 0.25) is 0 Å². The number of hydrogen-bond donors (Lipinski definition) is 0. The SMILES string of the molecule is CCOc1cc2ocnc2c2ccccc12. The molecular weight excluding hydrogens is 202 g/mol. The molecule has 3 rings (SSSR count). The molecule has 1 aromatic heterocycles. The minimum Gasteiger partial charge on any atom is -0.493 e. The highest BCUT2D eigenvalue weighted by Gasteiger charge is 2.09. The Kier molecular flexibility index (Phi) is 2.03. The summed E-state index contributed by atoms with van der Waals surface area (Å²) >= 11 is 0. The largest absolute Gasteiger partial charge is 0.493 e. The highest BCUT2D eigenvalue weighted by atomic mass is 16.5. The van der Waals surface area contributed by atoms with Gasteiger partial charge in [0.05, 0.1) is 6.61 Å². The number of aromatic nitrogens is 1. The molecule has 3 aromatic rings. The van der Waals surface area contributed by atoms with Gasteiger partial charge in [-0.3, -0.25) is 0 Å². The minimum absolute atomic E-state index is 0.642. The van der Waals surface area contributed by atoms with Gasteiger partial charge in [-0.2, -0.15) is 0 Å². The molecule has 0 unspecified atom stereocenters. The first-order valence-corrected chi connectivity index (χ1v) is 5.28. The van der Waals surface area contributed by atoms with Crippen LogP contribution in [0.1, 0.15) is 6.92 Å². The topological polar surface area (TPSA) is 35.3 Å². The van der Waals surface area contributed by atoms with E-state index in [4.69, 9.17) is 9.15 Å². The lowest BCUT2D eigenvalue weighted by atomic mass is 10.1.